The van der Waals surface area contributed by atoms with Crippen LogP contribution in [0.4, 0.5) is 0 Å². The second-order valence-corrected chi connectivity index (χ2v) is 6.27. The molecule has 3 rings (SSSR count). The average molecular weight is 329 g/mol. The lowest BCUT2D eigenvalue weighted by Gasteiger charge is -2.09. The van der Waals surface area contributed by atoms with E-state index in [-0.39, 0.29) is 5.91 Å². The van der Waals surface area contributed by atoms with E-state index in [0.717, 1.165) is 28.0 Å². The average Bonchev–Trinajstić information content (AvgIpc) is 2.61. The molecule has 0 atom stereocenters. The van der Waals surface area contributed by atoms with Crippen molar-refractivity contribution >= 4 is 19.2 Å². The molecule has 5 heteroatoms. The predicted molar refractivity (Wildman–Crippen MR) is 103 cm³/mol. The largest absolute Gasteiger partial charge is 0.348 e. The second-order valence-electron chi connectivity index (χ2n) is 6.27. The van der Waals surface area contributed by atoms with E-state index >= 15 is 0 Å². The topological polar surface area (TPSA) is 54.9 Å². The Labute approximate surface area is 148 Å². The van der Waals surface area contributed by atoms with Crippen molar-refractivity contribution in [3.8, 4) is 11.1 Å². The number of aryl methyl sites for hydroxylation is 2. The lowest BCUT2D eigenvalue weighted by Crippen LogP contribution is -2.24. The molecule has 2 aromatic carbocycles. The number of amides is 1. The second kappa shape index (κ2) is 7.30. The summed E-state index contributed by atoms with van der Waals surface area (Å²) < 4.78 is 0. The Morgan fingerprint density at radius 2 is 1.68 bits per heavy atom. The van der Waals surface area contributed by atoms with Crippen LogP contribution < -0.4 is 10.8 Å². The van der Waals surface area contributed by atoms with Crippen molar-refractivity contribution < 1.29 is 4.79 Å². The molecular weight excluding hydrogens is 309 g/mol. The van der Waals surface area contributed by atoms with Gasteiger partial charge in [0.25, 0.3) is 5.91 Å². The minimum absolute atomic E-state index is 0.0994. The molecule has 1 aromatic heterocycles. The maximum Gasteiger partial charge on any atom is 0.251 e. The number of hydrogen-bond donors (Lipinski definition) is 1. The Balaban J connectivity index is 1.78. The van der Waals surface area contributed by atoms with Gasteiger partial charge in [-0.2, -0.15) is 0 Å². The zero-order valence-electron chi connectivity index (χ0n) is 14.7. The van der Waals surface area contributed by atoms with E-state index in [1.165, 1.54) is 5.56 Å². The summed E-state index contributed by atoms with van der Waals surface area (Å²) in [5.41, 5.74) is 5.96. The van der Waals surface area contributed by atoms with Gasteiger partial charge in [-0.15, -0.1) is 0 Å². The van der Waals surface area contributed by atoms with Gasteiger partial charge in [0.15, 0.2) is 0 Å². The number of nitrogens with one attached hydrogen (secondary N) is 1. The highest BCUT2D eigenvalue weighted by molar-refractivity contribution is 6.33. The first-order valence-corrected chi connectivity index (χ1v) is 8.26. The van der Waals surface area contributed by atoms with Crippen LogP contribution in [-0.4, -0.2) is 23.7 Å². The number of rotatable bonds is 4. The third-order valence-electron chi connectivity index (χ3n) is 4.01. The summed E-state index contributed by atoms with van der Waals surface area (Å²) in [5.74, 6) is 0.620. The van der Waals surface area contributed by atoms with Crippen LogP contribution in [0.3, 0.4) is 0 Å². The van der Waals surface area contributed by atoms with Gasteiger partial charge in [0, 0.05) is 30.1 Å². The van der Waals surface area contributed by atoms with E-state index in [9.17, 15) is 4.79 Å². The molecule has 25 heavy (non-hydrogen) atoms. The summed E-state index contributed by atoms with van der Waals surface area (Å²) >= 11 is 0. The van der Waals surface area contributed by atoms with Crippen molar-refractivity contribution in [2.24, 2.45) is 0 Å². The molecule has 0 spiro atoms. The zero-order valence-corrected chi connectivity index (χ0v) is 14.7. The van der Waals surface area contributed by atoms with Crippen LogP contribution in [0.1, 0.15) is 27.3 Å². The Bertz CT molecular complexity index is 890. The molecule has 4 nitrogen and oxygen atoms in total. The van der Waals surface area contributed by atoms with E-state index in [0.29, 0.717) is 12.1 Å². The van der Waals surface area contributed by atoms with Crippen LogP contribution >= 0.6 is 0 Å². The number of aromatic nitrogens is 2. The van der Waals surface area contributed by atoms with Gasteiger partial charge in [0.1, 0.15) is 13.7 Å². The summed E-state index contributed by atoms with van der Waals surface area (Å²) in [7, 11) is 2.00. The SMILES string of the molecule is Bc1cc(C(=O)NCc2cnc(C)nc2)cc(-c2ccc(C)cc2)c1. The van der Waals surface area contributed by atoms with Gasteiger partial charge < -0.3 is 5.32 Å². The maximum atomic E-state index is 12.5. The summed E-state index contributed by atoms with van der Waals surface area (Å²) in [6, 6.07) is 14.2. The lowest BCUT2D eigenvalue weighted by molar-refractivity contribution is 0.0951. The first kappa shape index (κ1) is 16.9. The molecule has 0 radical (unpaired) electrons. The van der Waals surface area contributed by atoms with Crippen molar-refractivity contribution in [2.75, 3.05) is 0 Å². The standard InChI is InChI=1S/C20H20BN3O/c1-13-3-5-16(6-4-13)17-7-18(9-19(21)8-17)20(25)24-12-15-10-22-14(2)23-11-15/h3-11H,12,21H2,1-2H3,(H,24,25). The Morgan fingerprint density at radius 1 is 1.00 bits per heavy atom. The van der Waals surface area contributed by atoms with Crippen LogP contribution in [0.25, 0.3) is 11.1 Å². The fourth-order valence-corrected chi connectivity index (χ4v) is 2.62. The minimum atomic E-state index is -0.0994. The van der Waals surface area contributed by atoms with Gasteiger partial charge in [-0.25, -0.2) is 9.97 Å². The molecule has 1 N–H and O–H groups in total. The number of benzene rings is 2. The van der Waals surface area contributed by atoms with E-state index in [2.05, 4.69) is 52.5 Å². The summed E-state index contributed by atoms with van der Waals surface area (Å²) in [5, 5.41) is 2.93. The molecule has 0 unspecified atom stereocenters. The first-order chi connectivity index (χ1) is 12.0. The number of carbonyl (C=O) groups excluding carboxylic acids is 1. The van der Waals surface area contributed by atoms with Gasteiger partial charge in [-0.3, -0.25) is 4.79 Å². The predicted octanol–water partition coefficient (Wildman–Crippen LogP) is 1.95. The van der Waals surface area contributed by atoms with Gasteiger partial charge in [-0.1, -0.05) is 47.4 Å². The highest BCUT2D eigenvalue weighted by atomic mass is 16.1. The molecule has 0 fully saturated rings. The summed E-state index contributed by atoms with van der Waals surface area (Å²) in [4.78, 5) is 20.8. The lowest BCUT2D eigenvalue weighted by atomic mass is 9.89. The molecule has 1 amide bonds. The van der Waals surface area contributed by atoms with Crippen molar-refractivity contribution in [1.82, 2.24) is 15.3 Å². The van der Waals surface area contributed by atoms with Crippen LogP contribution in [0.2, 0.25) is 0 Å². The fraction of sp³-hybridized carbons (Fsp3) is 0.150. The van der Waals surface area contributed by atoms with Gasteiger partial charge in [-0.05, 0) is 31.0 Å². The van der Waals surface area contributed by atoms with Crippen molar-refractivity contribution in [3.63, 3.8) is 0 Å². The van der Waals surface area contributed by atoms with Gasteiger partial charge in [0.05, 0.1) is 0 Å². The van der Waals surface area contributed by atoms with Crippen LogP contribution in [0, 0.1) is 13.8 Å². The molecule has 0 aliphatic carbocycles. The summed E-state index contributed by atoms with van der Waals surface area (Å²) in [6.07, 6.45) is 3.47. The van der Waals surface area contributed by atoms with Crippen molar-refractivity contribution in [2.45, 2.75) is 20.4 Å². The Morgan fingerprint density at radius 3 is 2.36 bits per heavy atom. The van der Waals surface area contributed by atoms with Gasteiger partial charge in [0.2, 0.25) is 0 Å². The quantitative estimate of drug-likeness (QED) is 0.745. The smallest absolute Gasteiger partial charge is 0.251 e. The number of nitrogens with zero attached hydrogens (tertiary/aromatic N) is 2. The highest BCUT2D eigenvalue weighted by Crippen LogP contribution is 2.20. The Kier molecular flexibility index (Phi) is 4.94. The van der Waals surface area contributed by atoms with E-state index in [4.69, 9.17) is 0 Å². The van der Waals surface area contributed by atoms with Gasteiger partial charge >= 0.3 is 0 Å². The van der Waals surface area contributed by atoms with E-state index < -0.39 is 0 Å². The van der Waals surface area contributed by atoms with Crippen LogP contribution in [-0.2, 0) is 6.54 Å². The molecule has 0 saturated carbocycles. The number of hydrogen-bond acceptors (Lipinski definition) is 3. The van der Waals surface area contributed by atoms with Crippen LogP contribution in [0.15, 0.2) is 54.9 Å². The third-order valence-corrected chi connectivity index (χ3v) is 4.01. The van der Waals surface area contributed by atoms with E-state index in [1.807, 2.05) is 26.9 Å². The minimum Gasteiger partial charge on any atom is -0.348 e. The fourth-order valence-electron chi connectivity index (χ4n) is 2.62. The van der Waals surface area contributed by atoms with Crippen molar-refractivity contribution in [3.05, 3.63) is 77.4 Å². The van der Waals surface area contributed by atoms with E-state index in [1.54, 1.807) is 12.4 Å². The molecular formula is C20H20BN3O. The maximum absolute atomic E-state index is 12.5. The normalized spacial score (nSPS) is 10.5. The molecule has 0 bridgehead atoms. The number of carbonyl (C=O) groups is 1. The highest BCUT2D eigenvalue weighted by Gasteiger charge is 2.09. The molecule has 124 valence electrons. The van der Waals surface area contributed by atoms with Crippen LogP contribution in [0.5, 0.6) is 0 Å². The first-order valence-electron chi connectivity index (χ1n) is 8.26. The zero-order chi connectivity index (χ0) is 17.8. The van der Waals surface area contributed by atoms with Crippen molar-refractivity contribution in [1.29, 1.82) is 0 Å². The molecule has 0 aliphatic rings. The molecule has 0 saturated heterocycles. The monoisotopic (exact) mass is 329 g/mol. The molecule has 3 aromatic rings. The third kappa shape index (κ3) is 4.32. The molecule has 1 heterocycles. The summed E-state index contributed by atoms with van der Waals surface area (Å²) in [6.45, 7) is 4.31. The molecule has 0 aliphatic heterocycles. The Hall–Kier alpha value is -2.95.